The molecule has 0 saturated carbocycles. The predicted octanol–water partition coefficient (Wildman–Crippen LogP) is 2.23. The molecule has 24 heavy (non-hydrogen) atoms. The highest BCUT2D eigenvalue weighted by Gasteiger charge is 2.24. The molecule has 0 radical (unpaired) electrons. The summed E-state index contributed by atoms with van der Waals surface area (Å²) in [5.74, 6) is 0.0429. The molecule has 0 spiro atoms. The Hall–Kier alpha value is -1.60. The lowest BCUT2D eigenvalue weighted by Gasteiger charge is -2.32. The Kier molecular flexibility index (Phi) is 7.05. The van der Waals surface area contributed by atoms with Crippen molar-refractivity contribution in [1.82, 2.24) is 15.1 Å². The van der Waals surface area contributed by atoms with Gasteiger partial charge in [0.25, 0.3) is 0 Å². The number of nitrogens with zero attached hydrogens (tertiary/aromatic N) is 2. The first-order valence-electron chi connectivity index (χ1n) is 8.42. The molecule has 2 heterocycles. The molecule has 0 unspecified atom stereocenters. The maximum atomic E-state index is 12.2. The maximum absolute atomic E-state index is 12.2. The third kappa shape index (κ3) is 5.49. The van der Waals surface area contributed by atoms with E-state index < -0.39 is 0 Å². The molecule has 0 aliphatic carbocycles. The molecule has 1 N–H and O–H groups in total. The van der Waals surface area contributed by atoms with Gasteiger partial charge in [-0.1, -0.05) is 0 Å². The SMILES string of the molecule is CCOC(=O)N1CCC(NC(=O)CN(C)Cc2sccc2C)CC1. The fraction of sp³-hybridized carbons (Fsp3) is 0.647. The average Bonchev–Trinajstić information content (AvgIpc) is 2.93. The second kappa shape index (κ2) is 9.03. The molecule has 0 atom stereocenters. The monoisotopic (exact) mass is 353 g/mol. The number of amides is 2. The molecule has 0 bridgehead atoms. The van der Waals surface area contributed by atoms with E-state index in [9.17, 15) is 9.59 Å². The largest absolute Gasteiger partial charge is 0.450 e. The fourth-order valence-electron chi connectivity index (χ4n) is 2.81. The van der Waals surface area contributed by atoms with Gasteiger partial charge in [-0.3, -0.25) is 9.69 Å². The van der Waals surface area contributed by atoms with Crippen molar-refractivity contribution in [2.24, 2.45) is 0 Å². The van der Waals surface area contributed by atoms with Crippen molar-refractivity contribution in [2.75, 3.05) is 33.3 Å². The smallest absolute Gasteiger partial charge is 0.409 e. The summed E-state index contributed by atoms with van der Waals surface area (Å²) in [4.78, 5) is 28.9. The Labute approximate surface area is 147 Å². The lowest BCUT2D eigenvalue weighted by Crippen LogP contribution is -2.48. The highest BCUT2D eigenvalue weighted by Crippen LogP contribution is 2.17. The highest BCUT2D eigenvalue weighted by atomic mass is 32.1. The normalized spacial score (nSPS) is 15.6. The van der Waals surface area contributed by atoms with Crippen molar-refractivity contribution in [3.05, 3.63) is 21.9 Å². The van der Waals surface area contributed by atoms with Crippen LogP contribution in [0.3, 0.4) is 0 Å². The van der Waals surface area contributed by atoms with Crippen LogP contribution in [-0.4, -0.2) is 61.1 Å². The second-order valence-electron chi connectivity index (χ2n) is 6.23. The molecule has 6 nitrogen and oxygen atoms in total. The number of aryl methyl sites for hydroxylation is 1. The van der Waals surface area contributed by atoms with Crippen molar-refractivity contribution in [1.29, 1.82) is 0 Å². The van der Waals surface area contributed by atoms with Gasteiger partial charge >= 0.3 is 6.09 Å². The van der Waals surface area contributed by atoms with E-state index >= 15 is 0 Å². The number of likely N-dealkylation sites (tertiary alicyclic amines) is 1. The zero-order valence-electron chi connectivity index (χ0n) is 14.7. The number of carbonyl (C=O) groups excluding carboxylic acids is 2. The standard InChI is InChI=1S/C17H27N3O3S/c1-4-23-17(22)20-8-5-14(6-9-20)18-16(21)12-19(3)11-15-13(2)7-10-24-15/h7,10,14H,4-6,8-9,11-12H2,1-3H3,(H,18,21). The van der Waals surface area contributed by atoms with Gasteiger partial charge in [-0.15, -0.1) is 11.3 Å². The third-order valence-corrected chi connectivity index (χ3v) is 5.19. The first-order chi connectivity index (χ1) is 11.5. The van der Waals surface area contributed by atoms with Crippen molar-refractivity contribution < 1.29 is 14.3 Å². The number of carbonyl (C=O) groups is 2. The van der Waals surface area contributed by atoms with Gasteiger partial charge in [-0.2, -0.15) is 0 Å². The van der Waals surface area contributed by atoms with E-state index in [1.54, 1.807) is 23.2 Å². The minimum atomic E-state index is -0.256. The van der Waals surface area contributed by atoms with Gasteiger partial charge in [0.15, 0.2) is 0 Å². The molecule has 0 aromatic carbocycles. The number of hydrogen-bond donors (Lipinski definition) is 1. The number of ether oxygens (including phenoxy) is 1. The average molecular weight is 353 g/mol. The van der Waals surface area contributed by atoms with Gasteiger partial charge < -0.3 is 15.0 Å². The summed E-state index contributed by atoms with van der Waals surface area (Å²) in [5.41, 5.74) is 1.28. The van der Waals surface area contributed by atoms with Crippen LogP contribution >= 0.6 is 11.3 Å². The molecule has 1 fully saturated rings. The topological polar surface area (TPSA) is 61.9 Å². The number of nitrogens with one attached hydrogen (secondary N) is 1. The molecule has 134 valence electrons. The number of piperidine rings is 1. The molecule has 1 saturated heterocycles. The molecule has 7 heteroatoms. The molecule has 1 aliphatic rings. The van der Waals surface area contributed by atoms with Crippen LogP contribution in [-0.2, 0) is 16.1 Å². The van der Waals surface area contributed by atoms with Crippen molar-refractivity contribution in [2.45, 2.75) is 39.3 Å². The third-order valence-electron chi connectivity index (χ3n) is 4.18. The van der Waals surface area contributed by atoms with Gasteiger partial charge in [-0.25, -0.2) is 4.79 Å². The van der Waals surface area contributed by atoms with E-state index in [1.807, 2.05) is 11.9 Å². The molecule has 1 aromatic rings. The van der Waals surface area contributed by atoms with Crippen LogP contribution in [0.5, 0.6) is 0 Å². The Morgan fingerprint density at radius 2 is 2.12 bits per heavy atom. The lowest BCUT2D eigenvalue weighted by atomic mass is 10.1. The van der Waals surface area contributed by atoms with Crippen molar-refractivity contribution >= 4 is 23.3 Å². The quantitative estimate of drug-likeness (QED) is 0.852. The Balaban J connectivity index is 1.69. The molecular formula is C17H27N3O3S. The lowest BCUT2D eigenvalue weighted by molar-refractivity contribution is -0.123. The zero-order chi connectivity index (χ0) is 17.5. The number of likely N-dealkylation sites (N-methyl/N-ethyl adjacent to an activating group) is 1. The Morgan fingerprint density at radius 3 is 2.71 bits per heavy atom. The summed E-state index contributed by atoms with van der Waals surface area (Å²) in [6.07, 6.45) is 1.30. The number of thiophene rings is 1. The van der Waals surface area contributed by atoms with E-state index in [1.165, 1.54) is 10.4 Å². The number of hydrogen-bond acceptors (Lipinski definition) is 5. The van der Waals surface area contributed by atoms with Crippen LogP contribution in [0, 0.1) is 6.92 Å². The summed E-state index contributed by atoms with van der Waals surface area (Å²) in [5, 5.41) is 5.16. The van der Waals surface area contributed by atoms with Gasteiger partial charge in [0.1, 0.15) is 0 Å². The van der Waals surface area contributed by atoms with Gasteiger partial charge in [0.05, 0.1) is 13.2 Å². The van der Waals surface area contributed by atoms with Crippen LogP contribution in [0.25, 0.3) is 0 Å². The van der Waals surface area contributed by atoms with Crippen LogP contribution in [0.4, 0.5) is 4.79 Å². The van der Waals surface area contributed by atoms with Gasteiger partial charge in [0, 0.05) is 30.6 Å². The molecular weight excluding hydrogens is 326 g/mol. The molecule has 2 amide bonds. The fourth-order valence-corrected chi connectivity index (χ4v) is 3.79. The minimum absolute atomic E-state index is 0.0429. The first kappa shape index (κ1) is 18.7. The first-order valence-corrected chi connectivity index (χ1v) is 9.30. The minimum Gasteiger partial charge on any atom is -0.450 e. The number of rotatable bonds is 6. The van der Waals surface area contributed by atoms with E-state index in [4.69, 9.17) is 4.74 Å². The summed E-state index contributed by atoms with van der Waals surface area (Å²) >= 11 is 1.72. The van der Waals surface area contributed by atoms with Gasteiger partial charge in [0.2, 0.25) is 5.91 Å². The maximum Gasteiger partial charge on any atom is 0.409 e. The van der Waals surface area contributed by atoms with E-state index in [0.29, 0.717) is 26.2 Å². The van der Waals surface area contributed by atoms with Gasteiger partial charge in [-0.05, 0) is 50.7 Å². The molecule has 1 aromatic heterocycles. The summed E-state index contributed by atoms with van der Waals surface area (Å²) < 4.78 is 5.00. The summed E-state index contributed by atoms with van der Waals surface area (Å²) in [7, 11) is 1.96. The molecule has 2 rings (SSSR count). The van der Waals surface area contributed by atoms with Crippen LogP contribution < -0.4 is 5.32 Å². The highest BCUT2D eigenvalue weighted by molar-refractivity contribution is 7.10. The Bertz CT molecular complexity index is 553. The molecule has 1 aliphatic heterocycles. The Morgan fingerprint density at radius 1 is 1.42 bits per heavy atom. The van der Waals surface area contributed by atoms with Crippen LogP contribution in [0.15, 0.2) is 11.4 Å². The van der Waals surface area contributed by atoms with Crippen molar-refractivity contribution in [3.63, 3.8) is 0 Å². The van der Waals surface area contributed by atoms with Crippen LogP contribution in [0.2, 0.25) is 0 Å². The predicted molar refractivity (Wildman–Crippen MR) is 95.1 cm³/mol. The van der Waals surface area contributed by atoms with E-state index in [2.05, 4.69) is 23.7 Å². The van der Waals surface area contributed by atoms with Crippen molar-refractivity contribution in [3.8, 4) is 0 Å². The van der Waals surface area contributed by atoms with Crippen LogP contribution in [0.1, 0.15) is 30.2 Å². The summed E-state index contributed by atoms with van der Waals surface area (Å²) in [6.45, 7) is 6.73. The summed E-state index contributed by atoms with van der Waals surface area (Å²) in [6, 6.07) is 2.24. The van der Waals surface area contributed by atoms with E-state index in [0.717, 1.165) is 19.4 Å². The zero-order valence-corrected chi connectivity index (χ0v) is 15.5. The second-order valence-corrected chi connectivity index (χ2v) is 7.23. The van der Waals surface area contributed by atoms with E-state index in [-0.39, 0.29) is 18.0 Å².